The van der Waals surface area contributed by atoms with E-state index in [0.717, 1.165) is 5.69 Å². The third-order valence-corrected chi connectivity index (χ3v) is 4.88. The topological polar surface area (TPSA) is 119 Å². The first-order chi connectivity index (χ1) is 10.4. The number of nitrogens with zero attached hydrogens (tertiary/aromatic N) is 4. The van der Waals surface area contributed by atoms with E-state index >= 15 is 0 Å². The highest BCUT2D eigenvalue weighted by Crippen LogP contribution is 2.34. The largest absolute Gasteiger partial charge is 0.390 e. The Morgan fingerprint density at radius 3 is 2.86 bits per heavy atom. The van der Waals surface area contributed by atoms with Crippen molar-refractivity contribution in [3.05, 3.63) is 18.3 Å². The van der Waals surface area contributed by atoms with Crippen molar-refractivity contribution in [1.82, 2.24) is 24.2 Å². The van der Waals surface area contributed by atoms with Crippen LogP contribution in [0.2, 0.25) is 0 Å². The minimum atomic E-state index is -3.84. The van der Waals surface area contributed by atoms with Crippen molar-refractivity contribution in [2.75, 3.05) is 7.05 Å². The Kier molecular flexibility index (Phi) is 3.85. The zero-order chi connectivity index (χ0) is 15.9. The van der Waals surface area contributed by atoms with E-state index in [1.54, 1.807) is 6.33 Å². The molecule has 3 rings (SSSR count). The second kappa shape index (κ2) is 5.54. The standard InChI is InChI=1S/C12H17N5O4S/c1-7-11-12(15-5-14-7)17(6-16-11)8-3-9(18)10(4-8)21-22(19,20)13-2/h5-6,8-10,13,18H,3-4H2,1-2H3/t8-,9+,10-/m1/s1. The number of aliphatic hydroxyl groups excluding tert-OH is 1. The SMILES string of the molecule is CNS(=O)(=O)O[C@@H]1C[C@H](n2cnc3c(C)ncnc32)C[C@@H]1O. The summed E-state index contributed by atoms with van der Waals surface area (Å²) in [7, 11) is -2.58. The van der Waals surface area contributed by atoms with E-state index in [1.165, 1.54) is 13.4 Å². The van der Waals surface area contributed by atoms with Gasteiger partial charge >= 0.3 is 10.3 Å². The fraction of sp³-hybridized carbons (Fsp3) is 0.583. The Bertz CT molecular complexity index is 790. The van der Waals surface area contributed by atoms with Gasteiger partial charge in [0.2, 0.25) is 0 Å². The van der Waals surface area contributed by atoms with Crippen molar-refractivity contribution in [2.45, 2.75) is 38.0 Å². The molecular weight excluding hydrogens is 310 g/mol. The normalized spacial score (nSPS) is 25.9. The molecule has 3 atom stereocenters. The maximum atomic E-state index is 11.5. The summed E-state index contributed by atoms with van der Waals surface area (Å²) in [5.41, 5.74) is 2.14. The second-order valence-corrected chi connectivity index (χ2v) is 6.78. The monoisotopic (exact) mass is 327 g/mol. The van der Waals surface area contributed by atoms with E-state index < -0.39 is 22.5 Å². The molecule has 1 aliphatic carbocycles. The maximum absolute atomic E-state index is 11.5. The van der Waals surface area contributed by atoms with E-state index in [9.17, 15) is 13.5 Å². The number of nitrogens with one attached hydrogen (secondary N) is 1. The third kappa shape index (κ3) is 2.70. The molecule has 2 heterocycles. The van der Waals surface area contributed by atoms with Crippen LogP contribution in [0.3, 0.4) is 0 Å². The summed E-state index contributed by atoms with van der Waals surface area (Å²) in [4.78, 5) is 12.6. The van der Waals surface area contributed by atoms with Gasteiger partial charge in [0, 0.05) is 13.1 Å². The molecule has 120 valence electrons. The molecule has 1 fully saturated rings. The second-order valence-electron chi connectivity index (χ2n) is 5.27. The molecule has 1 aliphatic rings. The fourth-order valence-corrected chi connectivity index (χ4v) is 3.36. The summed E-state index contributed by atoms with van der Waals surface area (Å²) in [6, 6.07) is -0.133. The molecule has 0 spiro atoms. The molecule has 0 aromatic carbocycles. The van der Waals surface area contributed by atoms with Crippen molar-refractivity contribution in [3.63, 3.8) is 0 Å². The third-order valence-electron chi connectivity index (χ3n) is 3.88. The van der Waals surface area contributed by atoms with Crippen LogP contribution in [0, 0.1) is 6.92 Å². The maximum Gasteiger partial charge on any atom is 0.335 e. The van der Waals surface area contributed by atoms with Gasteiger partial charge < -0.3 is 9.67 Å². The lowest BCUT2D eigenvalue weighted by atomic mass is 10.2. The Balaban J connectivity index is 1.86. The number of fused-ring (bicyclic) bond motifs is 1. The first-order valence-electron chi connectivity index (χ1n) is 6.85. The number of aliphatic hydroxyl groups is 1. The van der Waals surface area contributed by atoms with Crippen molar-refractivity contribution >= 4 is 21.5 Å². The highest BCUT2D eigenvalue weighted by Gasteiger charge is 2.38. The predicted molar refractivity (Wildman–Crippen MR) is 77.2 cm³/mol. The summed E-state index contributed by atoms with van der Waals surface area (Å²) in [6.45, 7) is 1.84. The Morgan fingerprint density at radius 1 is 1.36 bits per heavy atom. The molecule has 9 nitrogen and oxygen atoms in total. The lowest BCUT2D eigenvalue weighted by molar-refractivity contribution is 0.0635. The van der Waals surface area contributed by atoms with Crippen LogP contribution in [0.5, 0.6) is 0 Å². The van der Waals surface area contributed by atoms with E-state index in [2.05, 4.69) is 19.7 Å². The van der Waals surface area contributed by atoms with Gasteiger partial charge in [-0.15, -0.1) is 0 Å². The van der Waals surface area contributed by atoms with Gasteiger partial charge in [0.1, 0.15) is 17.9 Å². The van der Waals surface area contributed by atoms with Gasteiger partial charge in [0.15, 0.2) is 5.65 Å². The van der Waals surface area contributed by atoms with Crippen LogP contribution < -0.4 is 4.72 Å². The van der Waals surface area contributed by atoms with Crippen molar-refractivity contribution < 1.29 is 17.7 Å². The Hall–Kier alpha value is -1.62. The van der Waals surface area contributed by atoms with E-state index in [0.29, 0.717) is 24.0 Å². The van der Waals surface area contributed by atoms with Crippen LogP contribution in [0.25, 0.3) is 11.2 Å². The number of hydrogen-bond donors (Lipinski definition) is 2. The molecule has 0 saturated heterocycles. The van der Waals surface area contributed by atoms with Crippen LogP contribution >= 0.6 is 0 Å². The van der Waals surface area contributed by atoms with E-state index in [1.807, 2.05) is 11.5 Å². The molecule has 10 heteroatoms. The van der Waals surface area contributed by atoms with Crippen LogP contribution in [0.1, 0.15) is 24.6 Å². The number of aryl methyl sites for hydroxylation is 1. The summed E-state index contributed by atoms with van der Waals surface area (Å²) >= 11 is 0. The molecule has 1 saturated carbocycles. The number of imidazole rings is 1. The smallest absolute Gasteiger partial charge is 0.335 e. The molecule has 2 aromatic heterocycles. The zero-order valence-electron chi connectivity index (χ0n) is 12.2. The number of hydrogen-bond acceptors (Lipinski definition) is 7. The number of rotatable bonds is 4. The van der Waals surface area contributed by atoms with Crippen LogP contribution in [0.4, 0.5) is 0 Å². The Labute approximate surface area is 127 Å². The van der Waals surface area contributed by atoms with Gasteiger partial charge in [-0.2, -0.15) is 13.1 Å². The van der Waals surface area contributed by atoms with Gasteiger partial charge in [-0.3, -0.25) is 4.18 Å². The summed E-state index contributed by atoms with van der Waals surface area (Å²) in [5.74, 6) is 0. The quantitative estimate of drug-likeness (QED) is 0.789. The molecule has 0 bridgehead atoms. The molecule has 2 aromatic rings. The lowest BCUT2D eigenvalue weighted by Crippen LogP contribution is -2.31. The summed E-state index contributed by atoms with van der Waals surface area (Å²) in [6.07, 6.45) is 2.17. The molecule has 22 heavy (non-hydrogen) atoms. The minimum Gasteiger partial charge on any atom is -0.390 e. The van der Waals surface area contributed by atoms with Crippen molar-refractivity contribution in [2.24, 2.45) is 0 Å². The van der Waals surface area contributed by atoms with Crippen molar-refractivity contribution in [1.29, 1.82) is 0 Å². The van der Waals surface area contributed by atoms with Gasteiger partial charge in [-0.25, -0.2) is 15.0 Å². The summed E-state index contributed by atoms with van der Waals surface area (Å²) < 4.78 is 31.8. The van der Waals surface area contributed by atoms with Gasteiger partial charge in [-0.05, 0) is 19.8 Å². The molecular formula is C12H17N5O4S. The predicted octanol–water partition coefficient (Wildman–Crippen LogP) is -0.320. The highest BCUT2D eigenvalue weighted by molar-refractivity contribution is 7.84. The average Bonchev–Trinajstić information content (AvgIpc) is 3.04. The van der Waals surface area contributed by atoms with Crippen LogP contribution in [-0.2, 0) is 14.5 Å². The first kappa shape index (κ1) is 15.3. The molecule has 2 N–H and O–H groups in total. The molecule has 0 aliphatic heterocycles. The van der Waals surface area contributed by atoms with Gasteiger partial charge in [-0.1, -0.05) is 0 Å². The zero-order valence-corrected chi connectivity index (χ0v) is 13.0. The van der Waals surface area contributed by atoms with Gasteiger partial charge in [0.05, 0.1) is 18.1 Å². The Morgan fingerprint density at radius 2 is 2.14 bits per heavy atom. The van der Waals surface area contributed by atoms with Crippen molar-refractivity contribution in [3.8, 4) is 0 Å². The summed E-state index contributed by atoms with van der Waals surface area (Å²) in [5, 5.41) is 10.1. The van der Waals surface area contributed by atoms with Crippen LogP contribution in [0.15, 0.2) is 12.7 Å². The highest BCUT2D eigenvalue weighted by atomic mass is 32.2. The van der Waals surface area contributed by atoms with Crippen LogP contribution in [-0.4, -0.2) is 52.3 Å². The molecule has 0 unspecified atom stereocenters. The van der Waals surface area contributed by atoms with E-state index in [4.69, 9.17) is 4.18 Å². The van der Waals surface area contributed by atoms with Gasteiger partial charge in [0.25, 0.3) is 0 Å². The number of aromatic nitrogens is 4. The lowest BCUT2D eigenvalue weighted by Gasteiger charge is -2.14. The fourth-order valence-electron chi connectivity index (χ4n) is 2.73. The molecule has 0 amide bonds. The molecule has 0 radical (unpaired) electrons. The first-order valence-corrected chi connectivity index (χ1v) is 8.26. The minimum absolute atomic E-state index is 0.133. The van der Waals surface area contributed by atoms with E-state index in [-0.39, 0.29) is 6.04 Å². The average molecular weight is 327 g/mol.